The lowest BCUT2D eigenvalue weighted by Crippen LogP contribution is -2.40. The molecule has 0 saturated heterocycles. The Kier molecular flexibility index (Phi) is 8.04. The summed E-state index contributed by atoms with van der Waals surface area (Å²) in [7, 11) is 0. The van der Waals surface area contributed by atoms with Crippen molar-refractivity contribution in [2.45, 2.75) is 58.7 Å². The number of nitrogens with one attached hydrogen (secondary N) is 1. The average molecular weight is 489 g/mol. The quantitative estimate of drug-likeness (QED) is 0.456. The van der Waals surface area contributed by atoms with Crippen LogP contribution in [0, 0.1) is 12.7 Å². The molecule has 0 saturated carbocycles. The largest absolute Gasteiger partial charge is 0.481 e. The highest BCUT2D eigenvalue weighted by molar-refractivity contribution is 5.81. The van der Waals surface area contributed by atoms with E-state index in [-0.39, 0.29) is 30.2 Å². The van der Waals surface area contributed by atoms with Gasteiger partial charge in [0.05, 0.1) is 6.04 Å². The van der Waals surface area contributed by atoms with E-state index in [1.807, 2.05) is 56.0 Å². The summed E-state index contributed by atoms with van der Waals surface area (Å²) in [6.07, 6.45) is 1.01. The summed E-state index contributed by atoms with van der Waals surface area (Å²) >= 11 is 0. The molecular formula is C30H33FN2O3. The van der Waals surface area contributed by atoms with E-state index >= 15 is 0 Å². The molecule has 2 unspecified atom stereocenters. The monoisotopic (exact) mass is 488 g/mol. The van der Waals surface area contributed by atoms with E-state index in [0.29, 0.717) is 30.7 Å². The lowest BCUT2D eigenvalue weighted by molar-refractivity contribution is -0.133. The summed E-state index contributed by atoms with van der Waals surface area (Å²) in [6, 6.07) is 20.1. The van der Waals surface area contributed by atoms with Gasteiger partial charge in [-0.25, -0.2) is 4.39 Å². The van der Waals surface area contributed by atoms with Crippen LogP contribution >= 0.6 is 0 Å². The number of halogens is 1. The fraction of sp³-hybridized carbons (Fsp3) is 0.333. The number of carbonyl (C=O) groups is 2. The Morgan fingerprint density at radius 3 is 2.61 bits per heavy atom. The van der Waals surface area contributed by atoms with Gasteiger partial charge in [-0.15, -0.1) is 0 Å². The first-order valence-electron chi connectivity index (χ1n) is 12.6. The molecule has 2 atom stereocenters. The van der Waals surface area contributed by atoms with Crippen LogP contribution < -0.4 is 10.1 Å². The van der Waals surface area contributed by atoms with E-state index in [2.05, 4.69) is 17.4 Å². The Labute approximate surface area is 212 Å². The van der Waals surface area contributed by atoms with Gasteiger partial charge in [-0.2, -0.15) is 0 Å². The number of fused-ring (bicyclic) bond motifs is 1. The van der Waals surface area contributed by atoms with Crippen molar-refractivity contribution in [3.05, 3.63) is 100 Å². The van der Waals surface area contributed by atoms with E-state index < -0.39 is 6.10 Å². The highest BCUT2D eigenvalue weighted by Gasteiger charge is 2.32. The van der Waals surface area contributed by atoms with E-state index in [4.69, 9.17) is 4.74 Å². The van der Waals surface area contributed by atoms with Crippen molar-refractivity contribution in [1.82, 2.24) is 10.2 Å². The van der Waals surface area contributed by atoms with Crippen LogP contribution in [0.5, 0.6) is 5.75 Å². The van der Waals surface area contributed by atoms with Gasteiger partial charge in [0, 0.05) is 19.5 Å². The predicted molar refractivity (Wildman–Crippen MR) is 138 cm³/mol. The molecule has 0 radical (unpaired) electrons. The van der Waals surface area contributed by atoms with Gasteiger partial charge in [-0.3, -0.25) is 9.59 Å². The van der Waals surface area contributed by atoms with Crippen LogP contribution in [0.2, 0.25) is 0 Å². The summed E-state index contributed by atoms with van der Waals surface area (Å²) < 4.78 is 19.6. The molecule has 0 aliphatic carbocycles. The molecule has 3 aromatic rings. The van der Waals surface area contributed by atoms with Gasteiger partial charge in [0.1, 0.15) is 11.6 Å². The molecule has 0 spiro atoms. The second-order valence-corrected chi connectivity index (χ2v) is 9.23. The van der Waals surface area contributed by atoms with Crippen LogP contribution in [0.15, 0.2) is 66.7 Å². The fourth-order valence-electron chi connectivity index (χ4n) is 4.77. The second kappa shape index (κ2) is 11.4. The number of hydrogen-bond donors (Lipinski definition) is 1. The fourth-order valence-corrected chi connectivity index (χ4v) is 4.77. The van der Waals surface area contributed by atoms with Gasteiger partial charge in [0.2, 0.25) is 5.91 Å². The zero-order valence-electron chi connectivity index (χ0n) is 21.1. The maximum absolute atomic E-state index is 13.5. The number of amides is 2. The minimum absolute atomic E-state index is 0.113. The number of hydrogen-bond acceptors (Lipinski definition) is 3. The van der Waals surface area contributed by atoms with Gasteiger partial charge in [0.15, 0.2) is 6.10 Å². The van der Waals surface area contributed by atoms with Crippen molar-refractivity contribution in [1.29, 1.82) is 0 Å². The van der Waals surface area contributed by atoms with Crippen LogP contribution in [0.3, 0.4) is 0 Å². The van der Waals surface area contributed by atoms with E-state index in [9.17, 15) is 14.0 Å². The number of carbonyl (C=O) groups excluding carboxylic acids is 2. The zero-order valence-corrected chi connectivity index (χ0v) is 21.1. The van der Waals surface area contributed by atoms with Crippen molar-refractivity contribution >= 4 is 11.8 Å². The molecule has 3 aromatic carbocycles. The van der Waals surface area contributed by atoms with Crippen LogP contribution in [-0.4, -0.2) is 29.4 Å². The van der Waals surface area contributed by atoms with E-state index in [0.717, 1.165) is 23.1 Å². The highest BCUT2D eigenvalue weighted by atomic mass is 19.1. The van der Waals surface area contributed by atoms with Crippen LogP contribution in [0.25, 0.3) is 0 Å². The first-order valence-corrected chi connectivity index (χ1v) is 12.6. The number of rotatable bonds is 8. The maximum atomic E-state index is 13.5. The Hall–Kier alpha value is -3.67. The van der Waals surface area contributed by atoms with Crippen LogP contribution in [-0.2, 0) is 22.6 Å². The summed E-state index contributed by atoms with van der Waals surface area (Å²) in [5.74, 6) is 0.113. The molecule has 36 heavy (non-hydrogen) atoms. The smallest absolute Gasteiger partial charge is 0.261 e. The summed E-state index contributed by atoms with van der Waals surface area (Å²) in [5.41, 5.74) is 5.10. The molecule has 0 aromatic heterocycles. The molecule has 188 valence electrons. The Balaban J connectivity index is 1.57. The van der Waals surface area contributed by atoms with Crippen molar-refractivity contribution < 1.29 is 18.7 Å². The van der Waals surface area contributed by atoms with Crippen molar-refractivity contribution in [3.63, 3.8) is 0 Å². The first-order chi connectivity index (χ1) is 17.4. The van der Waals surface area contributed by atoms with Gasteiger partial charge in [-0.1, -0.05) is 61.9 Å². The minimum Gasteiger partial charge on any atom is -0.481 e. The topological polar surface area (TPSA) is 58.6 Å². The van der Waals surface area contributed by atoms with Crippen molar-refractivity contribution in [2.75, 3.05) is 6.54 Å². The molecule has 4 rings (SSSR count). The third-order valence-corrected chi connectivity index (χ3v) is 6.62. The van der Waals surface area contributed by atoms with Crippen molar-refractivity contribution in [2.24, 2.45) is 0 Å². The van der Waals surface area contributed by atoms with Gasteiger partial charge >= 0.3 is 0 Å². The molecular weight excluding hydrogens is 455 g/mol. The average Bonchev–Trinajstić information content (AvgIpc) is 2.89. The maximum Gasteiger partial charge on any atom is 0.261 e. The third-order valence-electron chi connectivity index (χ3n) is 6.62. The van der Waals surface area contributed by atoms with Gasteiger partial charge in [0.25, 0.3) is 5.91 Å². The molecule has 0 bridgehead atoms. The molecule has 1 heterocycles. The molecule has 1 aliphatic rings. The Bertz CT molecular complexity index is 1240. The highest BCUT2D eigenvalue weighted by Crippen LogP contribution is 2.38. The zero-order chi connectivity index (χ0) is 25.7. The standard InChI is InChI=1S/C30H33FN2O3/c1-4-27(30(35)32-19-21-9-7-11-24(31)17-21)36-25-13-12-22-14-15-33(28(34)5-2)29(26(22)18-25)23-10-6-8-20(3)16-23/h6-13,16-18,27,29H,4-5,14-15,19H2,1-3H3,(H,32,35). The number of ether oxygens (including phenoxy) is 1. The summed E-state index contributed by atoms with van der Waals surface area (Å²) in [6.45, 7) is 6.72. The Morgan fingerprint density at radius 2 is 1.89 bits per heavy atom. The lowest BCUT2D eigenvalue weighted by Gasteiger charge is -2.38. The minimum atomic E-state index is -0.689. The van der Waals surface area contributed by atoms with Crippen LogP contribution in [0.1, 0.15) is 60.5 Å². The van der Waals surface area contributed by atoms with Gasteiger partial charge in [-0.05, 0) is 66.3 Å². The first kappa shape index (κ1) is 25.4. The molecule has 1 aliphatic heterocycles. The summed E-state index contributed by atoms with van der Waals surface area (Å²) in [5, 5.41) is 2.85. The second-order valence-electron chi connectivity index (χ2n) is 9.23. The molecule has 6 heteroatoms. The van der Waals surface area contributed by atoms with Crippen LogP contribution in [0.4, 0.5) is 4.39 Å². The molecule has 2 amide bonds. The van der Waals surface area contributed by atoms with Crippen molar-refractivity contribution in [3.8, 4) is 5.75 Å². The molecule has 5 nitrogen and oxygen atoms in total. The molecule has 0 fully saturated rings. The third kappa shape index (κ3) is 5.76. The molecule has 1 N–H and O–H groups in total. The van der Waals surface area contributed by atoms with E-state index in [1.54, 1.807) is 12.1 Å². The number of nitrogens with zero attached hydrogens (tertiary/aromatic N) is 1. The van der Waals surface area contributed by atoms with Gasteiger partial charge < -0.3 is 15.0 Å². The number of aryl methyl sites for hydroxylation is 1. The SMILES string of the molecule is CCC(=O)N1CCc2ccc(OC(CC)C(=O)NCc3cccc(F)c3)cc2C1c1cccc(C)c1. The predicted octanol–water partition coefficient (Wildman–Crippen LogP) is 5.49. The number of benzene rings is 3. The van der Waals surface area contributed by atoms with E-state index in [1.165, 1.54) is 17.7 Å². The Morgan fingerprint density at radius 1 is 1.08 bits per heavy atom. The summed E-state index contributed by atoms with van der Waals surface area (Å²) in [4.78, 5) is 27.7. The lowest BCUT2D eigenvalue weighted by atomic mass is 9.87. The normalized spacial score (nSPS) is 15.7.